The molecule has 1 aliphatic heterocycles. The van der Waals surface area contributed by atoms with Crippen LogP contribution in [0, 0.1) is 5.92 Å². The van der Waals surface area contributed by atoms with E-state index >= 15 is 0 Å². The maximum absolute atomic E-state index is 12.3. The van der Waals surface area contributed by atoms with E-state index in [1.165, 1.54) is 11.8 Å². The summed E-state index contributed by atoms with van der Waals surface area (Å²) in [6, 6.07) is 0. The predicted octanol–water partition coefficient (Wildman–Crippen LogP) is 0.568. The van der Waals surface area contributed by atoms with Crippen LogP contribution in [0.25, 0.3) is 0 Å². The number of piperidine rings is 1. The Morgan fingerprint density at radius 2 is 2.05 bits per heavy atom. The Hall–Kier alpha value is -1.59. The van der Waals surface area contributed by atoms with E-state index in [1.807, 2.05) is 6.92 Å². The molecule has 0 bridgehead atoms. The lowest BCUT2D eigenvalue weighted by Gasteiger charge is -2.34. The zero-order valence-electron chi connectivity index (χ0n) is 11.6. The van der Waals surface area contributed by atoms with Gasteiger partial charge in [0.05, 0.1) is 5.92 Å². The molecule has 19 heavy (non-hydrogen) atoms. The summed E-state index contributed by atoms with van der Waals surface area (Å²) < 4.78 is 0. The summed E-state index contributed by atoms with van der Waals surface area (Å²) in [7, 11) is 0. The molecule has 6 nitrogen and oxygen atoms in total. The average Bonchev–Trinajstić information content (AvgIpc) is 2.37. The van der Waals surface area contributed by atoms with Gasteiger partial charge >= 0.3 is 5.97 Å². The SMILES string of the molecule is CCCN(CC(=O)O)C(=O)[C@@H]1CCCN(C(C)=O)C1. The van der Waals surface area contributed by atoms with E-state index in [-0.39, 0.29) is 24.3 Å². The van der Waals surface area contributed by atoms with E-state index in [0.29, 0.717) is 19.6 Å². The van der Waals surface area contributed by atoms with Gasteiger partial charge in [0.1, 0.15) is 6.54 Å². The van der Waals surface area contributed by atoms with Crippen molar-refractivity contribution in [1.29, 1.82) is 0 Å². The highest BCUT2D eigenvalue weighted by Gasteiger charge is 2.30. The maximum Gasteiger partial charge on any atom is 0.323 e. The number of carbonyl (C=O) groups is 3. The van der Waals surface area contributed by atoms with Crippen molar-refractivity contribution in [2.24, 2.45) is 5.92 Å². The van der Waals surface area contributed by atoms with E-state index in [9.17, 15) is 14.4 Å². The van der Waals surface area contributed by atoms with Crippen LogP contribution in [0.15, 0.2) is 0 Å². The number of nitrogens with zero attached hydrogens (tertiary/aromatic N) is 2. The molecule has 1 rings (SSSR count). The van der Waals surface area contributed by atoms with E-state index in [4.69, 9.17) is 5.11 Å². The lowest BCUT2D eigenvalue weighted by atomic mass is 9.96. The maximum atomic E-state index is 12.3. The van der Waals surface area contributed by atoms with Crippen LogP contribution < -0.4 is 0 Å². The third kappa shape index (κ3) is 4.54. The van der Waals surface area contributed by atoms with Crippen molar-refractivity contribution in [3.8, 4) is 0 Å². The van der Waals surface area contributed by atoms with E-state index < -0.39 is 5.97 Å². The molecule has 1 fully saturated rings. The summed E-state index contributed by atoms with van der Waals surface area (Å²) in [6.07, 6.45) is 2.24. The summed E-state index contributed by atoms with van der Waals surface area (Å²) in [6.45, 7) is 4.68. The number of rotatable bonds is 5. The number of hydrogen-bond donors (Lipinski definition) is 1. The first-order valence-corrected chi connectivity index (χ1v) is 6.71. The summed E-state index contributed by atoms with van der Waals surface area (Å²) in [5, 5.41) is 8.84. The quantitative estimate of drug-likeness (QED) is 0.792. The molecule has 1 saturated heterocycles. The van der Waals surface area contributed by atoms with Crippen molar-refractivity contribution >= 4 is 17.8 Å². The minimum Gasteiger partial charge on any atom is -0.480 e. The smallest absolute Gasteiger partial charge is 0.323 e. The largest absolute Gasteiger partial charge is 0.480 e. The molecular weight excluding hydrogens is 248 g/mol. The van der Waals surface area contributed by atoms with Crippen LogP contribution in [0.1, 0.15) is 33.1 Å². The van der Waals surface area contributed by atoms with Crippen molar-refractivity contribution in [2.45, 2.75) is 33.1 Å². The van der Waals surface area contributed by atoms with Crippen LogP contribution in [0.5, 0.6) is 0 Å². The Labute approximate surface area is 113 Å². The highest BCUT2D eigenvalue weighted by atomic mass is 16.4. The van der Waals surface area contributed by atoms with Crippen LogP contribution in [-0.4, -0.2) is 58.9 Å². The van der Waals surface area contributed by atoms with Crippen molar-refractivity contribution in [3.05, 3.63) is 0 Å². The molecule has 1 aliphatic rings. The zero-order chi connectivity index (χ0) is 14.4. The molecule has 0 aromatic rings. The molecule has 0 spiro atoms. The van der Waals surface area contributed by atoms with Crippen molar-refractivity contribution in [2.75, 3.05) is 26.2 Å². The second kappa shape index (κ2) is 7.11. The van der Waals surface area contributed by atoms with E-state index in [0.717, 1.165) is 19.3 Å². The topological polar surface area (TPSA) is 77.9 Å². The van der Waals surface area contributed by atoms with Crippen LogP contribution in [-0.2, 0) is 14.4 Å². The minimum absolute atomic E-state index is 0.0298. The highest BCUT2D eigenvalue weighted by molar-refractivity contribution is 5.84. The average molecular weight is 270 g/mol. The monoisotopic (exact) mass is 270 g/mol. The molecular formula is C13H22N2O4. The van der Waals surface area contributed by atoms with Crippen molar-refractivity contribution in [3.63, 3.8) is 0 Å². The Morgan fingerprint density at radius 3 is 2.58 bits per heavy atom. The lowest BCUT2D eigenvalue weighted by Crippen LogP contribution is -2.47. The molecule has 6 heteroatoms. The van der Waals surface area contributed by atoms with Crippen LogP contribution in [0.4, 0.5) is 0 Å². The summed E-state index contributed by atoms with van der Waals surface area (Å²) in [4.78, 5) is 37.5. The molecule has 1 heterocycles. The fourth-order valence-corrected chi connectivity index (χ4v) is 2.42. The predicted molar refractivity (Wildman–Crippen MR) is 69.5 cm³/mol. The Bertz CT molecular complexity index is 357. The Kier molecular flexibility index (Phi) is 5.79. The van der Waals surface area contributed by atoms with Gasteiger partial charge in [-0.1, -0.05) is 6.92 Å². The first-order valence-electron chi connectivity index (χ1n) is 6.71. The van der Waals surface area contributed by atoms with Gasteiger partial charge < -0.3 is 14.9 Å². The fourth-order valence-electron chi connectivity index (χ4n) is 2.42. The highest BCUT2D eigenvalue weighted by Crippen LogP contribution is 2.19. The number of carbonyl (C=O) groups excluding carboxylic acids is 2. The first kappa shape index (κ1) is 15.5. The number of amides is 2. The molecule has 1 N–H and O–H groups in total. The Morgan fingerprint density at radius 1 is 1.37 bits per heavy atom. The molecule has 0 saturated carbocycles. The Balaban J connectivity index is 2.67. The third-order valence-corrected chi connectivity index (χ3v) is 3.35. The summed E-state index contributed by atoms with van der Waals surface area (Å²) in [5.41, 5.74) is 0. The van der Waals surface area contributed by atoms with Gasteiger partial charge in [-0.3, -0.25) is 14.4 Å². The molecule has 1 atom stereocenters. The van der Waals surface area contributed by atoms with Crippen LogP contribution in [0.2, 0.25) is 0 Å². The third-order valence-electron chi connectivity index (χ3n) is 3.35. The van der Waals surface area contributed by atoms with Gasteiger partial charge in [-0.15, -0.1) is 0 Å². The number of likely N-dealkylation sites (tertiary alicyclic amines) is 1. The second-order valence-electron chi connectivity index (χ2n) is 4.96. The van der Waals surface area contributed by atoms with E-state index in [1.54, 1.807) is 4.90 Å². The van der Waals surface area contributed by atoms with Gasteiger partial charge in [0.25, 0.3) is 0 Å². The normalized spacial score (nSPS) is 19.1. The second-order valence-corrected chi connectivity index (χ2v) is 4.96. The van der Waals surface area contributed by atoms with Gasteiger partial charge in [0.15, 0.2) is 0 Å². The molecule has 0 unspecified atom stereocenters. The van der Waals surface area contributed by atoms with Gasteiger partial charge in [-0.2, -0.15) is 0 Å². The minimum atomic E-state index is -0.999. The number of carboxylic acids is 1. The molecule has 0 aliphatic carbocycles. The number of aliphatic carboxylic acids is 1. The summed E-state index contributed by atoms with van der Waals surface area (Å²) >= 11 is 0. The lowest BCUT2D eigenvalue weighted by molar-refractivity contribution is -0.148. The molecule has 108 valence electrons. The summed E-state index contributed by atoms with van der Waals surface area (Å²) in [5.74, 6) is -1.43. The van der Waals surface area contributed by atoms with Gasteiger partial charge in [0.2, 0.25) is 11.8 Å². The molecule has 0 aromatic carbocycles. The number of carboxylic acid groups (broad SMARTS) is 1. The molecule has 0 aromatic heterocycles. The number of hydrogen-bond acceptors (Lipinski definition) is 3. The van der Waals surface area contributed by atoms with Gasteiger partial charge in [0, 0.05) is 26.6 Å². The van der Waals surface area contributed by atoms with Crippen LogP contribution >= 0.6 is 0 Å². The van der Waals surface area contributed by atoms with Crippen LogP contribution in [0.3, 0.4) is 0 Å². The molecule has 2 amide bonds. The van der Waals surface area contributed by atoms with Crippen molar-refractivity contribution in [1.82, 2.24) is 9.80 Å². The van der Waals surface area contributed by atoms with Crippen molar-refractivity contribution < 1.29 is 19.5 Å². The zero-order valence-corrected chi connectivity index (χ0v) is 11.6. The first-order chi connectivity index (χ1) is 8.95. The van der Waals surface area contributed by atoms with Gasteiger partial charge in [-0.05, 0) is 19.3 Å². The van der Waals surface area contributed by atoms with E-state index in [2.05, 4.69) is 0 Å². The molecule has 0 radical (unpaired) electrons. The van der Waals surface area contributed by atoms with Gasteiger partial charge in [-0.25, -0.2) is 0 Å². The fraction of sp³-hybridized carbons (Fsp3) is 0.769. The standard InChI is InChI=1S/C13H22N2O4/c1-3-6-15(9-12(17)18)13(19)11-5-4-7-14(8-11)10(2)16/h11H,3-9H2,1-2H3,(H,17,18)/t11-/m1/s1.